The van der Waals surface area contributed by atoms with Crippen molar-refractivity contribution < 1.29 is 23.0 Å². The molecule has 1 saturated heterocycles. The molecule has 3 fully saturated rings. The molecule has 0 bridgehead atoms. The summed E-state index contributed by atoms with van der Waals surface area (Å²) < 4.78 is 37.3. The summed E-state index contributed by atoms with van der Waals surface area (Å²) in [6.07, 6.45) is 2.78. The second-order valence-electron chi connectivity index (χ2n) is 11.2. The fourth-order valence-electron chi connectivity index (χ4n) is 6.16. The van der Waals surface area contributed by atoms with Gasteiger partial charge in [-0.1, -0.05) is 17.7 Å². The van der Waals surface area contributed by atoms with Gasteiger partial charge in [-0.2, -0.15) is 0 Å². The van der Waals surface area contributed by atoms with E-state index in [1.54, 1.807) is 6.07 Å². The number of amides is 1. The number of hydrogen-bond acceptors (Lipinski definition) is 5. The molecule has 5 aliphatic rings. The Morgan fingerprint density at radius 1 is 1.16 bits per heavy atom. The van der Waals surface area contributed by atoms with Crippen LogP contribution < -0.4 is 19.7 Å². The van der Waals surface area contributed by atoms with Crippen molar-refractivity contribution in [1.29, 1.82) is 0 Å². The van der Waals surface area contributed by atoms with E-state index in [-0.39, 0.29) is 29.4 Å². The second-order valence-corrected chi connectivity index (χ2v) is 11.6. The molecule has 0 radical (unpaired) electrons. The van der Waals surface area contributed by atoms with Crippen LogP contribution in [-0.2, 0) is 11.2 Å². The van der Waals surface area contributed by atoms with Crippen molar-refractivity contribution in [1.82, 2.24) is 5.32 Å². The number of alkyl halides is 2. The number of anilines is 1. The number of aliphatic imine (C=N–C) groups is 1. The van der Waals surface area contributed by atoms with E-state index in [4.69, 9.17) is 21.3 Å². The molecular weight excluding hydrogens is 500 g/mol. The van der Waals surface area contributed by atoms with Gasteiger partial charge in [-0.3, -0.25) is 9.79 Å². The minimum Gasteiger partial charge on any atom is -0.395 e. The van der Waals surface area contributed by atoms with Gasteiger partial charge in [0.25, 0.3) is 5.91 Å². The van der Waals surface area contributed by atoms with Crippen LogP contribution in [0.3, 0.4) is 0 Å². The van der Waals surface area contributed by atoms with E-state index in [2.05, 4.69) is 27.9 Å². The van der Waals surface area contributed by atoms with E-state index in [1.807, 2.05) is 12.1 Å². The van der Waals surface area contributed by atoms with Crippen LogP contribution >= 0.6 is 11.6 Å². The largest absolute Gasteiger partial charge is 0.586 e. The summed E-state index contributed by atoms with van der Waals surface area (Å²) in [6.45, 7) is 2.80. The molecule has 0 unspecified atom stereocenters. The zero-order valence-corrected chi connectivity index (χ0v) is 21.3. The number of carbonyl (C=O) groups is 1. The summed E-state index contributed by atoms with van der Waals surface area (Å²) in [5, 5.41) is 3.69. The van der Waals surface area contributed by atoms with Crippen molar-refractivity contribution >= 4 is 29.0 Å². The van der Waals surface area contributed by atoms with Crippen LogP contribution in [0.25, 0.3) is 0 Å². The van der Waals surface area contributed by atoms with Gasteiger partial charge in [0.05, 0.1) is 0 Å². The van der Waals surface area contributed by atoms with Gasteiger partial charge in [0.15, 0.2) is 11.5 Å². The van der Waals surface area contributed by atoms with Gasteiger partial charge in [0.2, 0.25) is 0 Å². The highest BCUT2D eigenvalue weighted by Crippen LogP contribution is 2.54. The van der Waals surface area contributed by atoms with Crippen molar-refractivity contribution in [2.75, 3.05) is 11.4 Å². The van der Waals surface area contributed by atoms with E-state index in [9.17, 15) is 13.6 Å². The molecule has 1 amide bonds. The Morgan fingerprint density at radius 2 is 1.97 bits per heavy atom. The molecule has 2 aromatic carbocycles. The topological polar surface area (TPSA) is 63.2 Å². The van der Waals surface area contributed by atoms with Crippen molar-refractivity contribution in [3.8, 4) is 11.5 Å². The molecule has 194 valence electrons. The number of piperidine rings is 1. The molecule has 2 aromatic rings. The van der Waals surface area contributed by atoms with E-state index >= 15 is 0 Å². The number of ether oxygens (including phenoxy) is 2. The molecule has 2 saturated carbocycles. The van der Waals surface area contributed by atoms with Crippen LogP contribution in [0.15, 0.2) is 35.3 Å². The van der Waals surface area contributed by atoms with Gasteiger partial charge < -0.3 is 19.7 Å². The van der Waals surface area contributed by atoms with Crippen molar-refractivity contribution in [2.45, 2.75) is 75.7 Å². The lowest BCUT2D eigenvalue weighted by molar-refractivity contribution is -0.286. The van der Waals surface area contributed by atoms with Gasteiger partial charge in [-0.05, 0) is 87.1 Å². The first-order valence-electron chi connectivity index (χ1n) is 13.1. The summed E-state index contributed by atoms with van der Waals surface area (Å²) in [5.74, 6) is 1.24. The molecule has 3 heterocycles. The maximum absolute atomic E-state index is 13.8. The van der Waals surface area contributed by atoms with Crippen molar-refractivity contribution in [3.63, 3.8) is 0 Å². The number of amidine groups is 1. The number of benzene rings is 2. The number of fused-ring (bicyclic) bond motifs is 1. The summed E-state index contributed by atoms with van der Waals surface area (Å²) >= 11 is 6.39. The summed E-state index contributed by atoms with van der Waals surface area (Å²) in [7, 11) is 0. The average Bonchev–Trinajstić information content (AvgIpc) is 3.76. The summed E-state index contributed by atoms with van der Waals surface area (Å²) in [4.78, 5) is 20.7. The predicted octanol–water partition coefficient (Wildman–Crippen LogP) is 5.80. The Kier molecular flexibility index (Phi) is 5.07. The Hall–Kier alpha value is -2.87. The van der Waals surface area contributed by atoms with Gasteiger partial charge in [-0.25, -0.2) is 0 Å². The summed E-state index contributed by atoms with van der Waals surface area (Å²) in [5.41, 5.74) is 2.86. The quantitative estimate of drug-likeness (QED) is 0.534. The average molecular weight is 528 g/mol. The zero-order chi connectivity index (χ0) is 25.5. The summed E-state index contributed by atoms with van der Waals surface area (Å²) in [6, 6.07) is 9.39. The lowest BCUT2D eigenvalue weighted by Crippen LogP contribution is -2.53. The lowest BCUT2D eigenvalue weighted by Gasteiger charge is -2.42. The van der Waals surface area contributed by atoms with E-state index in [0.717, 1.165) is 30.9 Å². The third kappa shape index (κ3) is 4.04. The fourth-order valence-corrected chi connectivity index (χ4v) is 6.33. The molecule has 37 heavy (non-hydrogen) atoms. The molecule has 1 spiro atoms. The van der Waals surface area contributed by atoms with Crippen LogP contribution in [0.2, 0.25) is 5.02 Å². The molecule has 7 rings (SSSR count). The maximum atomic E-state index is 13.8. The predicted molar refractivity (Wildman–Crippen MR) is 136 cm³/mol. The number of rotatable bonds is 5. The Balaban J connectivity index is 1.19. The number of hydrogen-bond donors (Lipinski definition) is 1. The molecule has 2 atom stereocenters. The Labute approximate surface area is 219 Å². The van der Waals surface area contributed by atoms with Gasteiger partial charge >= 0.3 is 6.29 Å². The Bertz CT molecular complexity index is 1340. The monoisotopic (exact) mass is 527 g/mol. The second kappa shape index (κ2) is 8.06. The standard InChI is InChI=1S/C28H28ClF2N3O3/c1-15-14-27(10-11-34(15)21-13-19(29)7-6-18(21)12-16-2-3-16)26(35)32-25(33-27)20-8-9-22-24(23(20)17-4-5-17)37-28(30,31)36-22/h6-9,13,15-17H,2-5,10-12,14H2,1H3,(H,32,33,35)/t15-,27+/m0/s1. The molecule has 1 N–H and O–H groups in total. The third-order valence-electron chi connectivity index (χ3n) is 8.32. The highest BCUT2D eigenvalue weighted by Gasteiger charge is 2.51. The maximum Gasteiger partial charge on any atom is 0.586 e. The SMILES string of the molecule is C[C@H]1C[C@@]2(CCN1c1cc(Cl)ccc1CC1CC1)N=C(c1ccc3c(c1C1CC1)OC(F)(F)O3)NC2=O. The first kappa shape index (κ1) is 23.3. The number of halogens is 3. The molecular formula is C28H28ClF2N3O3. The minimum absolute atomic E-state index is 0.0285. The highest BCUT2D eigenvalue weighted by molar-refractivity contribution is 6.30. The van der Waals surface area contributed by atoms with Gasteiger partial charge in [0.1, 0.15) is 11.4 Å². The number of nitrogens with one attached hydrogen (secondary N) is 1. The molecule has 3 aliphatic heterocycles. The highest BCUT2D eigenvalue weighted by atomic mass is 35.5. The number of nitrogens with zero attached hydrogens (tertiary/aromatic N) is 2. The van der Waals surface area contributed by atoms with Gasteiger partial charge in [-0.15, -0.1) is 8.78 Å². The van der Waals surface area contributed by atoms with E-state index < -0.39 is 11.8 Å². The molecule has 9 heteroatoms. The van der Waals surface area contributed by atoms with Crippen molar-refractivity contribution in [3.05, 3.63) is 52.0 Å². The number of carbonyl (C=O) groups excluding carboxylic acids is 1. The Morgan fingerprint density at radius 3 is 2.70 bits per heavy atom. The van der Waals surface area contributed by atoms with Crippen LogP contribution in [0.4, 0.5) is 14.5 Å². The van der Waals surface area contributed by atoms with Crippen molar-refractivity contribution in [2.24, 2.45) is 10.9 Å². The van der Waals surface area contributed by atoms with Crippen LogP contribution in [-0.4, -0.2) is 36.2 Å². The molecule has 0 aromatic heterocycles. The van der Waals surface area contributed by atoms with E-state index in [0.29, 0.717) is 41.4 Å². The third-order valence-corrected chi connectivity index (χ3v) is 8.56. The first-order valence-corrected chi connectivity index (χ1v) is 13.5. The minimum atomic E-state index is -3.69. The van der Waals surface area contributed by atoms with E-state index in [1.165, 1.54) is 24.5 Å². The lowest BCUT2D eigenvalue weighted by atomic mass is 9.83. The molecule has 6 nitrogen and oxygen atoms in total. The van der Waals surface area contributed by atoms with Gasteiger partial charge in [0, 0.05) is 40.8 Å². The fraction of sp³-hybridized carbons (Fsp3) is 0.500. The van der Waals surface area contributed by atoms with Crippen LogP contribution in [0.1, 0.15) is 68.1 Å². The van der Waals surface area contributed by atoms with Crippen LogP contribution in [0.5, 0.6) is 11.5 Å². The smallest absolute Gasteiger partial charge is 0.395 e. The first-order chi connectivity index (χ1) is 17.7. The zero-order valence-electron chi connectivity index (χ0n) is 20.5. The normalized spacial score (nSPS) is 28.0. The molecule has 2 aliphatic carbocycles. The van der Waals surface area contributed by atoms with Crippen LogP contribution in [0, 0.1) is 5.92 Å².